The van der Waals surface area contributed by atoms with Crippen LogP contribution in [0.1, 0.15) is 35.8 Å². The summed E-state index contributed by atoms with van der Waals surface area (Å²) in [5, 5.41) is 4.43. The van der Waals surface area contributed by atoms with Crippen molar-refractivity contribution in [1.82, 2.24) is 9.29 Å². The fourth-order valence-corrected chi connectivity index (χ4v) is 5.31. The summed E-state index contributed by atoms with van der Waals surface area (Å²) in [4.78, 5) is 27.3. The third kappa shape index (κ3) is 4.87. The molecular weight excluding hydrogens is 443 g/mol. The first kappa shape index (κ1) is 22.4. The van der Waals surface area contributed by atoms with Crippen LogP contribution in [-0.2, 0) is 21.0 Å². The molecule has 0 atom stereocenters. The number of nitrogens with zero attached hydrogens (tertiary/aromatic N) is 2. The molecule has 0 bridgehead atoms. The molecule has 1 aliphatic heterocycles. The van der Waals surface area contributed by atoms with Gasteiger partial charge in [0.25, 0.3) is 0 Å². The number of halogens is 3. The van der Waals surface area contributed by atoms with E-state index in [1.165, 1.54) is 12.3 Å². The largest absolute Gasteiger partial charge is 0.416 e. The summed E-state index contributed by atoms with van der Waals surface area (Å²) in [7, 11) is -4.11. The summed E-state index contributed by atoms with van der Waals surface area (Å²) in [6.07, 6.45) is -4.21. The number of ketones is 1. The number of sulfonamides is 1. The van der Waals surface area contributed by atoms with Crippen molar-refractivity contribution < 1.29 is 31.2 Å². The van der Waals surface area contributed by atoms with Crippen LogP contribution in [-0.4, -0.2) is 42.5 Å². The van der Waals surface area contributed by atoms with Gasteiger partial charge in [-0.1, -0.05) is 6.07 Å². The monoisotopic (exact) mass is 461 g/mol. The smallest absolute Gasteiger partial charge is 0.302 e. The lowest BCUT2D eigenvalue weighted by Crippen LogP contribution is -2.41. The molecule has 30 heavy (non-hydrogen) atoms. The van der Waals surface area contributed by atoms with Gasteiger partial charge in [0.05, 0.1) is 10.5 Å². The fraction of sp³-hybridized carbons (Fsp3) is 0.389. The molecule has 1 N–H and O–H groups in total. The summed E-state index contributed by atoms with van der Waals surface area (Å²) in [5.74, 6) is -1.03. The molecule has 2 aromatic rings. The molecule has 1 amide bonds. The van der Waals surface area contributed by atoms with E-state index in [2.05, 4.69) is 10.3 Å². The van der Waals surface area contributed by atoms with Gasteiger partial charge in [-0.2, -0.15) is 17.5 Å². The van der Waals surface area contributed by atoms with Gasteiger partial charge in [0, 0.05) is 31.3 Å². The minimum Gasteiger partial charge on any atom is -0.302 e. The summed E-state index contributed by atoms with van der Waals surface area (Å²) in [5.41, 5.74) is -0.788. The number of aromatic nitrogens is 1. The maximum absolute atomic E-state index is 12.9. The van der Waals surface area contributed by atoms with Crippen molar-refractivity contribution in [3.63, 3.8) is 0 Å². The number of thiazole rings is 1. The van der Waals surface area contributed by atoms with E-state index < -0.39 is 32.6 Å². The molecule has 162 valence electrons. The maximum atomic E-state index is 12.9. The zero-order valence-corrected chi connectivity index (χ0v) is 17.4. The molecule has 0 saturated carbocycles. The van der Waals surface area contributed by atoms with Crippen molar-refractivity contribution in [3.05, 3.63) is 40.9 Å². The second kappa shape index (κ2) is 8.44. The molecule has 2 heterocycles. The third-order valence-corrected chi connectivity index (χ3v) is 7.37. The molecule has 12 heteroatoms. The first-order valence-electron chi connectivity index (χ1n) is 8.93. The Bertz CT molecular complexity index is 1060. The average molecular weight is 461 g/mol. The zero-order valence-electron chi connectivity index (χ0n) is 15.8. The SMILES string of the molecule is CC(=O)c1csc(NC(=O)C2CCN(S(=O)(=O)c3cccc(C(F)(F)F)c3)CC2)n1. The van der Waals surface area contributed by atoms with Crippen LogP contribution < -0.4 is 5.32 Å². The van der Waals surface area contributed by atoms with Gasteiger partial charge in [-0.25, -0.2) is 13.4 Å². The molecule has 0 spiro atoms. The molecule has 1 aliphatic rings. The molecular formula is C18H18F3N3O4S2. The van der Waals surface area contributed by atoms with Crippen LogP contribution >= 0.6 is 11.3 Å². The second-order valence-corrected chi connectivity index (χ2v) is 9.58. The van der Waals surface area contributed by atoms with E-state index in [4.69, 9.17) is 0 Å². The van der Waals surface area contributed by atoms with Crippen LogP contribution in [0.3, 0.4) is 0 Å². The summed E-state index contributed by atoms with van der Waals surface area (Å²) in [6.45, 7) is 1.38. The van der Waals surface area contributed by atoms with E-state index in [9.17, 15) is 31.2 Å². The molecule has 1 saturated heterocycles. The van der Waals surface area contributed by atoms with Crippen LogP contribution in [0.4, 0.5) is 18.3 Å². The van der Waals surface area contributed by atoms with Crippen molar-refractivity contribution in [2.24, 2.45) is 5.92 Å². The molecule has 3 rings (SSSR count). The third-order valence-electron chi connectivity index (χ3n) is 4.72. The normalized spacial score (nSPS) is 16.4. The lowest BCUT2D eigenvalue weighted by molar-refractivity contribution is -0.137. The summed E-state index contributed by atoms with van der Waals surface area (Å²) < 4.78 is 65.2. The minimum atomic E-state index is -4.64. The van der Waals surface area contributed by atoms with E-state index in [0.29, 0.717) is 6.07 Å². The zero-order chi connectivity index (χ0) is 22.1. The molecule has 0 unspecified atom stereocenters. The van der Waals surface area contributed by atoms with Crippen LogP contribution in [0.5, 0.6) is 0 Å². The average Bonchev–Trinajstić information content (AvgIpc) is 3.16. The Morgan fingerprint density at radius 2 is 1.90 bits per heavy atom. The van der Waals surface area contributed by atoms with Gasteiger partial charge in [-0.05, 0) is 31.0 Å². The Hall–Kier alpha value is -2.31. The molecule has 7 nitrogen and oxygen atoms in total. The number of carbonyl (C=O) groups excluding carboxylic acids is 2. The highest BCUT2D eigenvalue weighted by atomic mass is 32.2. The number of hydrogen-bond donors (Lipinski definition) is 1. The number of alkyl halides is 3. The van der Waals surface area contributed by atoms with Gasteiger partial charge in [0.1, 0.15) is 5.69 Å². The van der Waals surface area contributed by atoms with Gasteiger partial charge in [-0.15, -0.1) is 11.3 Å². The lowest BCUT2D eigenvalue weighted by Gasteiger charge is -2.30. The van der Waals surface area contributed by atoms with E-state index >= 15 is 0 Å². The van der Waals surface area contributed by atoms with Gasteiger partial charge >= 0.3 is 6.18 Å². The summed E-state index contributed by atoms with van der Waals surface area (Å²) >= 11 is 1.11. The molecule has 1 fully saturated rings. The topological polar surface area (TPSA) is 96.4 Å². The Labute approximate surface area is 175 Å². The number of anilines is 1. The van der Waals surface area contributed by atoms with Crippen molar-refractivity contribution in [2.45, 2.75) is 30.8 Å². The van der Waals surface area contributed by atoms with Gasteiger partial charge in [0.2, 0.25) is 15.9 Å². The number of nitrogens with one attached hydrogen (secondary N) is 1. The minimum absolute atomic E-state index is 0.00717. The predicted molar refractivity (Wildman–Crippen MR) is 104 cm³/mol. The second-order valence-electron chi connectivity index (χ2n) is 6.79. The van der Waals surface area contributed by atoms with Crippen LogP contribution in [0.25, 0.3) is 0 Å². The van der Waals surface area contributed by atoms with E-state index in [1.54, 1.807) is 0 Å². The standard InChI is InChI=1S/C18H18F3N3O4S2/c1-11(25)15-10-29-17(22-15)23-16(26)12-5-7-24(8-6-12)30(27,28)14-4-2-3-13(9-14)18(19,20)21/h2-4,9-10,12H,5-8H2,1H3,(H,22,23,26). The number of rotatable bonds is 5. The van der Waals surface area contributed by atoms with Crippen LogP contribution in [0.15, 0.2) is 34.5 Å². The highest BCUT2D eigenvalue weighted by Gasteiger charge is 2.35. The Kier molecular flexibility index (Phi) is 6.29. The highest BCUT2D eigenvalue weighted by Crippen LogP contribution is 2.32. The Morgan fingerprint density at radius 3 is 2.47 bits per heavy atom. The van der Waals surface area contributed by atoms with Gasteiger partial charge < -0.3 is 5.32 Å². The first-order chi connectivity index (χ1) is 14.0. The van der Waals surface area contributed by atoms with Crippen molar-refractivity contribution in [2.75, 3.05) is 18.4 Å². The number of carbonyl (C=O) groups is 2. The maximum Gasteiger partial charge on any atom is 0.416 e. The lowest BCUT2D eigenvalue weighted by atomic mass is 9.97. The summed E-state index contributed by atoms with van der Waals surface area (Å²) in [6, 6.07) is 3.60. The predicted octanol–water partition coefficient (Wildman–Crippen LogP) is 3.40. The van der Waals surface area contributed by atoms with Crippen LogP contribution in [0.2, 0.25) is 0 Å². The van der Waals surface area contributed by atoms with E-state index in [-0.39, 0.29) is 48.4 Å². The van der Waals surface area contributed by atoms with Crippen LogP contribution in [0, 0.1) is 5.92 Å². The van der Waals surface area contributed by atoms with Gasteiger partial charge in [-0.3, -0.25) is 9.59 Å². The van der Waals surface area contributed by atoms with Crippen molar-refractivity contribution >= 4 is 38.2 Å². The number of amides is 1. The highest BCUT2D eigenvalue weighted by molar-refractivity contribution is 7.89. The number of Topliss-reactive ketones (excluding diaryl/α,β-unsaturated/α-hetero) is 1. The van der Waals surface area contributed by atoms with Crippen molar-refractivity contribution in [1.29, 1.82) is 0 Å². The van der Waals surface area contributed by atoms with E-state index in [1.807, 2.05) is 0 Å². The number of piperidine rings is 1. The molecule has 1 aromatic carbocycles. The Balaban J connectivity index is 1.64. The molecule has 0 radical (unpaired) electrons. The fourth-order valence-electron chi connectivity index (χ4n) is 3.04. The molecule has 1 aromatic heterocycles. The first-order valence-corrected chi connectivity index (χ1v) is 11.2. The van der Waals surface area contributed by atoms with Crippen molar-refractivity contribution in [3.8, 4) is 0 Å². The number of benzene rings is 1. The van der Waals surface area contributed by atoms with Gasteiger partial charge in [0.15, 0.2) is 10.9 Å². The molecule has 0 aliphatic carbocycles. The number of hydrogen-bond acceptors (Lipinski definition) is 6. The quantitative estimate of drug-likeness (QED) is 0.689. The Morgan fingerprint density at radius 1 is 1.23 bits per heavy atom. The van der Waals surface area contributed by atoms with E-state index in [0.717, 1.165) is 33.8 Å².